The third kappa shape index (κ3) is 15.8. The maximum absolute atomic E-state index is 11.8. The summed E-state index contributed by atoms with van der Waals surface area (Å²) in [5.74, 6) is -1.72. The molecule has 0 aliphatic carbocycles. The van der Waals surface area contributed by atoms with Crippen molar-refractivity contribution in [1.29, 1.82) is 0 Å². The highest BCUT2D eigenvalue weighted by molar-refractivity contribution is 5.75. The average molecular weight is 346 g/mol. The van der Waals surface area contributed by atoms with E-state index in [0.29, 0.717) is 39.0 Å². The Kier molecular flexibility index (Phi) is 13.0. The number of halogens is 3. The molecule has 0 bridgehead atoms. The topological polar surface area (TPSA) is 63.2 Å². The zero-order chi connectivity index (χ0) is 17.6. The number of carbonyl (C=O) groups is 1. The lowest BCUT2D eigenvalue weighted by atomic mass is 10.2. The first-order valence-electron chi connectivity index (χ1n) is 7.39. The van der Waals surface area contributed by atoms with E-state index in [9.17, 15) is 18.0 Å². The van der Waals surface area contributed by atoms with E-state index in [1.165, 1.54) is 0 Å². The summed E-state index contributed by atoms with van der Waals surface area (Å²) >= 11 is 0. The standard InChI is InChI=1S/C14H25F3O6/c1-12(2)11-22-8-7-20-4-3-19-5-6-21-9-10-23-13(18)14(15,16)17/h12H,3-11H2,1-2H3. The summed E-state index contributed by atoms with van der Waals surface area (Å²) in [5, 5.41) is 0. The quantitative estimate of drug-likeness (QED) is 0.353. The first-order chi connectivity index (χ1) is 10.8. The number of alkyl halides is 3. The number of ether oxygens (including phenoxy) is 5. The van der Waals surface area contributed by atoms with Crippen molar-refractivity contribution >= 4 is 5.97 Å². The summed E-state index contributed by atoms with van der Waals surface area (Å²) in [6.07, 6.45) is -4.97. The zero-order valence-electron chi connectivity index (χ0n) is 13.5. The molecule has 0 atom stereocenters. The van der Waals surface area contributed by atoms with Crippen molar-refractivity contribution in [3.63, 3.8) is 0 Å². The predicted octanol–water partition coefficient (Wildman–Crippen LogP) is 1.81. The second kappa shape index (κ2) is 13.5. The first kappa shape index (κ1) is 22.1. The Labute approximate surface area is 134 Å². The summed E-state index contributed by atoms with van der Waals surface area (Å²) in [6.45, 7) is 6.60. The molecule has 0 radical (unpaired) electrons. The van der Waals surface area contributed by atoms with Crippen LogP contribution in [0.25, 0.3) is 0 Å². The van der Waals surface area contributed by atoms with Gasteiger partial charge < -0.3 is 23.7 Å². The lowest BCUT2D eigenvalue weighted by Crippen LogP contribution is -2.26. The van der Waals surface area contributed by atoms with E-state index in [1.54, 1.807) is 0 Å². The van der Waals surface area contributed by atoms with Gasteiger partial charge >= 0.3 is 12.1 Å². The predicted molar refractivity (Wildman–Crippen MR) is 75.1 cm³/mol. The number of esters is 1. The Balaban J connectivity index is 3.15. The number of rotatable bonds is 14. The van der Waals surface area contributed by atoms with Crippen LogP contribution in [0.5, 0.6) is 0 Å². The molecule has 0 unspecified atom stereocenters. The van der Waals surface area contributed by atoms with Gasteiger partial charge in [-0.1, -0.05) is 13.8 Å². The summed E-state index contributed by atoms with van der Waals surface area (Å²) in [4.78, 5) is 10.3. The van der Waals surface area contributed by atoms with Crippen molar-refractivity contribution in [2.45, 2.75) is 20.0 Å². The molecule has 0 aromatic rings. The highest BCUT2D eigenvalue weighted by Crippen LogP contribution is 2.16. The molecule has 138 valence electrons. The molecule has 0 fully saturated rings. The van der Waals surface area contributed by atoms with Gasteiger partial charge in [0.2, 0.25) is 0 Å². The van der Waals surface area contributed by atoms with Crippen LogP contribution in [-0.4, -0.2) is 71.6 Å². The highest BCUT2D eigenvalue weighted by atomic mass is 19.4. The van der Waals surface area contributed by atoms with Gasteiger partial charge in [0.05, 0.1) is 46.2 Å². The van der Waals surface area contributed by atoms with Crippen LogP contribution in [0.15, 0.2) is 0 Å². The third-order valence-corrected chi connectivity index (χ3v) is 2.26. The van der Waals surface area contributed by atoms with E-state index in [0.717, 1.165) is 0 Å². The fraction of sp³-hybridized carbons (Fsp3) is 0.929. The average Bonchev–Trinajstić information content (AvgIpc) is 2.46. The van der Waals surface area contributed by atoms with E-state index in [-0.39, 0.29) is 19.8 Å². The summed E-state index contributed by atoms with van der Waals surface area (Å²) in [5.41, 5.74) is 0. The molecular weight excluding hydrogens is 321 g/mol. The Morgan fingerprint density at radius 1 is 0.783 bits per heavy atom. The lowest BCUT2D eigenvalue weighted by molar-refractivity contribution is -0.200. The van der Waals surface area contributed by atoms with Crippen molar-refractivity contribution in [3.8, 4) is 0 Å². The second-order valence-corrected chi connectivity index (χ2v) is 4.94. The minimum absolute atomic E-state index is 0.116. The van der Waals surface area contributed by atoms with Crippen molar-refractivity contribution in [2.24, 2.45) is 5.92 Å². The monoisotopic (exact) mass is 346 g/mol. The molecule has 0 saturated carbocycles. The number of hydrogen-bond donors (Lipinski definition) is 0. The van der Waals surface area contributed by atoms with Gasteiger partial charge in [0.1, 0.15) is 6.61 Å². The second-order valence-electron chi connectivity index (χ2n) is 4.94. The molecule has 0 N–H and O–H groups in total. The molecule has 0 spiro atoms. The molecule has 0 amide bonds. The van der Waals surface area contributed by atoms with Crippen LogP contribution in [0.3, 0.4) is 0 Å². The molecule has 0 aromatic carbocycles. The normalized spacial score (nSPS) is 11.9. The fourth-order valence-electron chi connectivity index (χ4n) is 1.25. The fourth-order valence-corrected chi connectivity index (χ4v) is 1.25. The molecule has 0 aliphatic rings. The number of hydrogen-bond acceptors (Lipinski definition) is 6. The molecule has 6 nitrogen and oxygen atoms in total. The van der Waals surface area contributed by atoms with Crippen LogP contribution in [0, 0.1) is 5.92 Å². The van der Waals surface area contributed by atoms with Gasteiger partial charge in [-0.15, -0.1) is 0 Å². The molecule has 0 aliphatic heterocycles. The largest absolute Gasteiger partial charge is 0.490 e. The third-order valence-electron chi connectivity index (χ3n) is 2.26. The molecule has 0 saturated heterocycles. The van der Waals surface area contributed by atoms with Gasteiger partial charge in [0.25, 0.3) is 0 Å². The van der Waals surface area contributed by atoms with Crippen LogP contribution in [0.4, 0.5) is 13.2 Å². The van der Waals surface area contributed by atoms with Crippen LogP contribution in [-0.2, 0) is 28.5 Å². The lowest BCUT2D eigenvalue weighted by Gasteiger charge is -2.09. The van der Waals surface area contributed by atoms with Crippen molar-refractivity contribution in [2.75, 3.05) is 59.5 Å². The SMILES string of the molecule is CC(C)COCCOCCOCCOCCOC(=O)C(F)(F)F. The van der Waals surface area contributed by atoms with Gasteiger partial charge in [-0.3, -0.25) is 0 Å². The van der Waals surface area contributed by atoms with E-state index in [1.807, 2.05) is 0 Å². The molecule has 9 heteroatoms. The van der Waals surface area contributed by atoms with Crippen LogP contribution in [0.1, 0.15) is 13.8 Å². The van der Waals surface area contributed by atoms with Gasteiger partial charge in [-0.05, 0) is 5.92 Å². The summed E-state index contributed by atoms with van der Waals surface area (Å²) < 4.78 is 60.0. The van der Waals surface area contributed by atoms with E-state index in [2.05, 4.69) is 18.6 Å². The maximum atomic E-state index is 11.8. The molecule has 0 rings (SSSR count). The van der Waals surface area contributed by atoms with Crippen LogP contribution >= 0.6 is 0 Å². The van der Waals surface area contributed by atoms with E-state index < -0.39 is 18.8 Å². The Morgan fingerprint density at radius 3 is 1.57 bits per heavy atom. The van der Waals surface area contributed by atoms with Crippen molar-refractivity contribution < 1.29 is 41.7 Å². The summed E-state index contributed by atoms with van der Waals surface area (Å²) in [6, 6.07) is 0. The van der Waals surface area contributed by atoms with E-state index in [4.69, 9.17) is 18.9 Å². The van der Waals surface area contributed by atoms with Crippen LogP contribution in [0.2, 0.25) is 0 Å². The molecule has 0 heterocycles. The van der Waals surface area contributed by atoms with Crippen molar-refractivity contribution in [3.05, 3.63) is 0 Å². The van der Waals surface area contributed by atoms with Crippen molar-refractivity contribution in [1.82, 2.24) is 0 Å². The summed E-state index contributed by atoms with van der Waals surface area (Å²) in [7, 11) is 0. The minimum Gasteiger partial charge on any atom is -0.457 e. The highest BCUT2D eigenvalue weighted by Gasteiger charge is 2.40. The minimum atomic E-state index is -4.97. The van der Waals surface area contributed by atoms with Gasteiger partial charge in [0, 0.05) is 6.61 Å². The first-order valence-corrected chi connectivity index (χ1v) is 7.39. The van der Waals surface area contributed by atoms with E-state index >= 15 is 0 Å². The zero-order valence-corrected chi connectivity index (χ0v) is 13.5. The molecular formula is C14H25F3O6. The maximum Gasteiger partial charge on any atom is 0.490 e. The Morgan fingerprint density at radius 2 is 1.17 bits per heavy atom. The van der Waals surface area contributed by atoms with Gasteiger partial charge in [0.15, 0.2) is 0 Å². The molecule has 0 aromatic heterocycles. The molecule has 23 heavy (non-hydrogen) atoms. The Bertz CT molecular complexity index is 297. The van der Waals surface area contributed by atoms with Crippen LogP contribution < -0.4 is 0 Å². The smallest absolute Gasteiger partial charge is 0.457 e. The Hall–Kier alpha value is -0.900. The number of carbonyl (C=O) groups excluding carboxylic acids is 1. The van der Waals surface area contributed by atoms with Gasteiger partial charge in [-0.25, -0.2) is 4.79 Å². The van der Waals surface area contributed by atoms with Gasteiger partial charge in [-0.2, -0.15) is 13.2 Å².